The molecule has 26 heavy (non-hydrogen) atoms. The summed E-state index contributed by atoms with van der Waals surface area (Å²) in [7, 11) is 0. The Hall–Kier alpha value is -3.26. The molecule has 0 saturated heterocycles. The maximum atomic E-state index is 4.88. The second kappa shape index (κ2) is 6.23. The second-order valence-electron chi connectivity index (χ2n) is 6.78. The average Bonchev–Trinajstić information content (AvgIpc) is 2.68. The van der Waals surface area contributed by atoms with Crippen molar-refractivity contribution in [3.8, 4) is 22.5 Å². The Kier molecular flexibility index (Phi) is 3.60. The van der Waals surface area contributed by atoms with Crippen LogP contribution in [0.25, 0.3) is 22.5 Å². The lowest BCUT2D eigenvalue weighted by Crippen LogP contribution is -1.99. The van der Waals surface area contributed by atoms with Crippen molar-refractivity contribution >= 4 is 0 Å². The van der Waals surface area contributed by atoms with E-state index in [1.165, 1.54) is 22.3 Å². The van der Waals surface area contributed by atoms with Crippen LogP contribution in [0, 0.1) is 0 Å². The van der Waals surface area contributed by atoms with Crippen LogP contribution in [0.3, 0.4) is 0 Å². The maximum absolute atomic E-state index is 4.88. The minimum absolute atomic E-state index is 0.737. The Balaban J connectivity index is 1.73. The highest BCUT2D eigenvalue weighted by molar-refractivity contribution is 5.62. The van der Waals surface area contributed by atoms with Crippen molar-refractivity contribution in [2.45, 2.75) is 12.8 Å². The summed E-state index contributed by atoms with van der Waals surface area (Å²) in [5, 5.41) is 0. The van der Waals surface area contributed by atoms with E-state index in [2.05, 4.69) is 84.9 Å². The van der Waals surface area contributed by atoms with E-state index < -0.39 is 0 Å². The minimum Gasteiger partial charge on any atom is -0.252 e. The molecular formula is C24H18N2. The first kappa shape index (κ1) is 15.0. The molecule has 0 amide bonds. The Labute approximate surface area is 153 Å². The quantitative estimate of drug-likeness (QED) is 0.384. The van der Waals surface area contributed by atoms with Gasteiger partial charge in [0.25, 0.3) is 0 Å². The fourth-order valence-corrected chi connectivity index (χ4v) is 3.58. The molecule has 0 spiro atoms. The number of pyridine rings is 2. The van der Waals surface area contributed by atoms with Gasteiger partial charge in [-0.3, -0.25) is 9.97 Å². The van der Waals surface area contributed by atoms with E-state index in [4.69, 9.17) is 9.97 Å². The molecule has 0 saturated carbocycles. The second-order valence-corrected chi connectivity index (χ2v) is 6.78. The largest absolute Gasteiger partial charge is 0.252 e. The van der Waals surface area contributed by atoms with Gasteiger partial charge in [-0.25, -0.2) is 0 Å². The summed E-state index contributed by atoms with van der Waals surface area (Å²) in [4.78, 5) is 9.75. The molecule has 0 unspecified atom stereocenters. The minimum atomic E-state index is 0.737. The molecular weight excluding hydrogens is 316 g/mol. The average molecular weight is 334 g/mol. The van der Waals surface area contributed by atoms with Crippen LogP contribution in [0.15, 0.2) is 84.9 Å². The molecule has 0 aliphatic carbocycles. The lowest BCUT2D eigenvalue weighted by molar-refractivity contribution is 1.02. The van der Waals surface area contributed by atoms with Gasteiger partial charge in [0.05, 0.1) is 11.4 Å². The predicted octanol–water partition coefficient (Wildman–Crippen LogP) is 5.31. The number of nitrogens with zero attached hydrogens (tertiary/aromatic N) is 2. The van der Waals surface area contributed by atoms with E-state index in [9.17, 15) is 0 Å². The molecule has 2 aromatic carbocycles. The first-order valence-corrected chi connectivity index (χ1v) is 8.94. The van der Waals surface area contributed by atoms with Gasteiger partial charge < -0.3 is 0 Å². The van der Waals surface area contributed by atoms with Crippen LogP contribution < -0.4 is 0 Å². The summed E-state index contributed by atoms with van der Waals surface area (Å²) >= 11 is 0. The van der Waals surface area contributed by atoms with Crippen LogP contribution in [0.2, 0.25) is 0 Å². The van der Waals surface area contributed by atoms with Crippen molar-refractivity contribution < 1.29 is 0 Å². The molecule has 124 valence electrons. The van der Waals surface area contributed by atoms with Crippen molar-refractivity contribution in [3.63, 3.8) is 0 Å². The van der Waals surface area contributed by atoms with Crippen molar-refractivity contribution in [1.82, 2.24) is 9.97 Å². The van der Waals surface area contributed by atoms with Gasteiger partial charge in [0, 0.05) is 28.9 Å². The van der Waals surface area contributed by atoms with Crippen LogP contribution >= 0.6 is 0 Å². The number of hydrogen-bond donors (Lipinski definition) is 0. The zero-order chi connectivity index (χ0) is 17.3. The van der Waals surface area contributed by atoms with Crippen molar-refractivity contribution in [2.24, 2.45) is 0 Å². The lowest BCUT2D eigenvalue weighted by Gasteiger charge is -2.11. The standard InChI is InChI=1S/C24H18N2/c1-5-17-13-18-6-2-8-20(15-18)24-12-4-10-22(26-24)16-21-9-3-11-23(25-21)19(7-1)14-17/h1-12,14-15H,13,16H2. The predicted molar refractivity (Wildman–Crippen MR) is 105 cm³/mol. The third-order valence-corrected chi connectivity index (χ3v) is 4.83. The van der Waals surface area contributed by atoms with Gasteiger partial charge in [0.1, 0.15) is 0 Å². The van der Waals surface area contributed by atoms with Crippen LogP contribution in [0.4, 0.5) is 0 Å². The summed E-state index contributed by atoms with van der Waals surface area (Å²) in [5.41, 5.74) is 9.05. The van der Waals surface area contributed by atoms with Gasteiger partial charge in [-0.2, -0.15) is 0 Å². The highest BCUT2D eigenvalue weighted by Crippen LogP contribution is 2.24. The number of fused-ring (bicyclic) bond motifs is 10. The summed E-state index contributed by atoms with van der Waals surface area (Å²) in [6.07, 6.45) is 1.64. The van der Waals surface area contributed by atoms with Crippen molar-refractivity contribution in [1.29, 1.82) is 0 Å². The van der Waals surface area contributed by atoms with Gasteiger partial charge in [-0.15, -0.1) is 0 Å². The molecule has 5 rings (SSSR count). The Bertz CT molecular complexity index is 922. The Morgan fingerprint density at radius 1 is 0.500 bits per heavy atom. The van der Waals surface area contributed by atoms with Crippen molar-refractivity contribution in [3.05, 3.63) is 107 Å². The van der Waals surface area contributed by atoms with E-state index in [-0.39, 0.29) is 0 Å². The molecule has 2 aromatic heterocycles. The van der Waals surface area contributed by atoms with Gasteiger partial charge >= 0.3 is 0 Å². The maximum Gasteiger partial charge on any atom is 0.0705 e. The zero-order valence-electron chi connectivity index (χ0n) is 14.4. The van der Waals surface area contributed by atoms with Gasteiger partial charge in [-0.05, 0) is 53.9 Å². The summed E-state index contributed by atoms with van der Waals surface area (Å²) in [6, 6.07) is 29.9. The molecule has 0 fully saturated rings. The molecule has 2 nitrogen and oxygen atoms in total. The monoisotopic (exact) mass is 334 g/mol. The third kappa shape index (κ3) is 2.91. The normalized spacial score (nSPS) is 12.3. The highest BCUT2D eigenvalue weighted by Gasteiger charge is 2.08. The van der Waals surface area contributed by atoms with Crippen molar-refractivity contribution in [2.75, 3.05) is 0 Å². The lowest BCUT2D eigenvalue weighted by atomic mass is 9.98. The third-order valence-electron chi connectivity index (χ3n) is 4.83. The molecule has 0 radical (unpaired) electrons. The van der Waals surface area contributed by atoms with Crippen LogP contribution in [0.1, 0.15) is 22.5 Å². The van der Waals surface area contributed by atoms with Crippen LogP contribution in [-0.2, 0) is 12.8 Å². The number of hydrogen-bond acceptors (Lipinski definition) is 2. The number of benzene rings is 2. The molecule has 4 aromatic rings. The molecule has 1 aliphatic heterocycles. The van der Waals surface area contributed by atoms with Gasteiger partial charge in [0.15, 0.2) is 0 Å². The Morgan fingerprint density at radius 2 is 1.00 bits per heavy atom. The first-order valence-electron chi connectivity index (χ1n) is 8.94. The fraction of sp³-hybridized carbons (Fsp3) is 0.0833. The molecule has 1 aliphatic rings. The number of aromatic nitrogens is 2. The van der Waals surface area contributed by atoms with Crippen LogP contribution in [0.5, 0.6) is 0 Å². The molecule has 0 atom stereocenters. The van der Waals surface area contributed by atoms with E-state index >= 15 is 0 Å². The molecule has 2 heteroatoms. The summed E-state index contributed by atoms with van der Waals surface area (Å²) < 4.78 is 0. The SMILES string of the molecule is c1cc2cc(c1)-c1cccc(n1)Cc1cccc(n1)-c1cccc(c1)C2. The van der Waals surface area contributed by atoms with E-state index in [0.717, 1.165) is 35.6 Å². The fourth-order valence-electron chi connectivity index (χ4n) is 3.58. The van der Waals surface area contributed by atoms with E-state index in [1.54, 1.807) is 0 Å². The molecule has 0 N–H and O–H groups in total. The molecule has 8 bridgehead atoms. The topological polar surface area (TPSA) is 25.8 Å². The summed E-state index contributed by atoms with van der Waals surface area (Å²) in [5.74, 6) is 0. The van der Waals surface area contributed by atoms with E-state index in [0.29, 0.717) is 0 Å². The smallest absolute Gasteiger partial charge is 0.0705 e. The zero-order valence-corrected chi connectivity index (χ0v) is 14.4. The van der Waals surface area contributed by atoms with Gasteiger partial charge in [0.2, 0.25) is 0 Å². The van der Waals surface area contributed by atoms with E-state index in [1.807, 2.05) is 0 Å². The highest BCUT2D eigenvalue weighted by atomic mass is 14.7. The summed E-state index contributed by atoms with van der Waals surface area (Å²) in [6.45, 7) is 0. The molecule has 3 heterocycles. The first-order chi connectivity index (χ1) is 12.8. The Morgan fingerprint density at radius 3 is 1.54 bits per heavy atom. The number of rotatable bonds is 0. The van der Waals surface area contributed by atoms with Gasteiger partial charge in [-0.1, -0.05) is 48.5 Å². The van der Waals surface area contributed by atoms with Crippen LogP contribution in [-0.4, -0.2) is 9.97 Å².